The van der Waals surface area contributed by atoms with Crippen LogP contribution >= 0.6 is 0 Å². The van der Waals surface area contributed by atoms with Crippen molar-refractivity contribution in [2.24, 2.45) is 5.92 Å². The lowest BCUT2D eigenvalue weighted by Gasteiger charge is -2.24. The van der Waals surface area contributed by atoms with Gasteiger partial charge in [-0.25, -0.2) is 8.42 Å². The van der Waals surface area contributed by atoms with Gasteiger partial charge in [0.15, 0.2) is 0 Å². The van der Waals surface area contributed by atoms with Crippen molar-refractivity contribution in [3.05, 3.63) is 47.9 Å². The first-order valence-electron chi connectivity index (χ1n) is 11.8. The van der Waals surface area contributed by atoms with Crippen molar-refractivity contribution in [1.82, 2.24) is 20.5 Å². The molecule has 2 amide bonds. The Morgan fingerprint density at radius 1 is 1.17 bits per heavy atom. The Morgan fingerprint density at radius 2 is 1.91 bits per heavy atom. The lowest BCUT2D eigenvalue weighted by molar-refractivity contribution is -0.140. The largest absolute Gasteiger partial charge is 0.361 e. The molecule has 3 N–H and O–H groups in total. The number of carbonyl (C=O) groups excluding carboxylic acids is 3. The number of ketones is 1. The molecule has 0 radical (unpaired) electrons. The topological polar surface area (TPSA) is 147 Å². The van der Waals surface area contributed by atoms with E-state index in [0.29, 0.717) is 25.7 Å². The van der Waals surface area contributed by atoms with Gasteiger partial charge in [-0.05, 0) is 50.2 Å². The normalized spacial score (nSPS) is 18.7. The molecule has 0 fully saturated rings. The van der Waals surface area contributed by atoms with E-state index < -0.39 is 39.7 Å². The number of aryl methyl sites for hydroxylation is 2. The molecule has 0 aliphatic carbocycles. The van der Waals surface area contributed by atoms with E-state index in [9.17, 15) is 22.8 Å². The minimum atomic E-state index is -3.97. The molecule has 1 aliphatic rings. The minimum Gasteiger partial charge on any atom is -0.361 e. The number of carbonyl (C=O) groups is 3. The second kappa shape index (κ2) is 12.1. The zero-order valence-electron chi connectivity index (χ0n) is 20.0. The summed E-state index contributed by atoms with van der Waals surface area (Å²) in [5.74, 6) is -1.44. The van der Waals surface area contributed by atoms with Gasteiger partial charge in [0.1, 0.15) is 11.8 Å². The summed E-state index contributed by atoms with van der Waals surface area (Å²) >= 11 is 0. The number of Topliss-reactive ketones (excluding diaryl/α,β-unsaturated/α-hetero) is 1. The van der Waals surface area contributed by atoms with Gasteiger partial charge in [0.05, 0.1) is 17.1 Å². The highest BCUT2D eigenvalue weighted by atomic mass is 32.2. The Kier molecular flexibility index (Phi) is 9.16. The van der Waals surface area contributed by atoms with Gasteiger partial charge in [-0.2, -0.15) is 4.72 Å². The summed E-state index contributed by atoms with van der Waals surface area (Å²) < 4.78 is 33.4. The zero-order valence-corrected chi connectivity index (χ0v) is 20.8. The van der Waals surface area contributed by atoms with Crippen molar-refractivity contribution in [3.8, 4) is 0 Å². The van der Waals surface area contributed by atoms with Crippen molar-refractivity contribution in [1.29, 1.82) is 0 Å². The summed E-state index contributed by atoms with van der Waals surface area (Å²) in [6.07, 6.45) is 4.33. The third-order valence-corrected chi connectivity index (χ3v) is 7.25. The fourth-order valence-electron chi connectivity index (χ4n) is 3.96. The molecule has 1 aromatic heterocycles. The van der Waals surface area contributed by atoms with E-state index >= 15 is 0 Å². The van der Waals surface area contributed by atoms with Crippen LogP contribution in [0.15, 0.2) is 45.9 Å². The Morgan fingerprint density at radius 3 is 2.63 bits per heavy atom. The summed E-state index contributed by atoms with van der Waals surface area (Å²) in [4.78, 5) is 38.5. The molecule has 10 nitrogen and oxygen atoms in total. The monoisotopic (exact) mass is 504 g/mol. The number of fused-ring (bicyclic) bond motifs is 1. The zero-order chi connectivity index (χ0) is 25.4. The summed E-state index contributed by atoms with van der Waals surface area (Å²) in [6.45, 7) is 4.00. The molecule has 190 valence electrons. The lowest BCUT2D eigenvalue weighted by Crippen LogP contribution is -2.54. The van der Waals surface area contributed by atoms with Crippen LogP contribution in [0.2, 0.25) is 0 Å². The van der Waals surface area contributed by atoms with Gasteiger partial charge in [-0.15, -0.1) is 0 Å². The summed E-state index contributed by atoms with van der Waals surface area (Å²) in [5.41, 5.74) is 0.933. The number of hydrogen-bond acceptors (Lipinski definition) is 7. The summed E-state index contributed by atoms with van der Waals surface area (Å²) in [7, 11) is -3.97. The fourth-order valence-corrected chi connectivity index (χ4v) is 5.19. The van der Waals surface area contributed by atoms with Crippen LogP contribution in [0, 0.1) is 5.92 Å². The van der Waals surface area contributed by atoms with Crippen LogP contribution in [0.3, 0.4) is 0 Å². The van der Waals surface area contributed by atoms with Crippen LogP contribution in [-0.4, -0.2) is 49.8 Å². The molecule has 2 aromatic rings. The number of amides is 2. The van der Waals surface area contributed by atoms with Crippen LogP contribution in [0.25, 0.3) is 0 Å². The first-order valence-corrected chi connectivity index (χ1v) is 13.3. The van der Waals surface area contributed by atoms with Crippen LogP contribution in [0.4, 0.5) is 0 Å². The molecule has 1 aliphatic heterocycles. The van der Waals surface area contributed by atoms with Crippen molar-refractivity contribution in [2.75, 3.05) is 6.54 Å². The fraction of sp³-hybridized carbons (Fsp3) is 0.500. The smallest absolute Gasteiger partial charge is 0.289 e. The second-order valence-electron chi connectivity index (χ2n) is 9.07. The van der Waals surface area contributed by atoms with Gasteiger partial charge in [-0.1, -0.05) is 37.2 Å². The summed E-state index contributed by atoms with van der Waals surface area (Å²) in [6, 6.07) is 5.56. The lowest BCUT2D eigenvalue weighted by atomic mass is 9.99. The molecule has 35 heavy (non-hydrogen) atoms. The van der Waals surface area contributed by atoms with Crippen LogP contribution < -0.4 is 15.4 Å². The van der Waals surface area contributed by atoms with E-state index in [1.54, 1.807) is 24.4 Å². The van der Waals surface area contributed by atoms with E-state index in [-0.39, 0.29) is 30.2 Å². The quantitative estimate of drug-likeness (QED) is 0.484. The average Bonchev–Trinajstić information content (AvgIpc) is 3.26. The third kappa shape index (κ3) is 7.46. The van der Waals surface area contributed by atoms with E-state index in [2.05, 4.69) is 20.5 Å². The second-order valence-corrected chi connectivity index (χ2v) is 10.8. The number of hydrogen-bond donors (Lipinski definition) is 3. The Labute approximate surface area is 205 Å². The molecular weight excluding hydrogens is 472 g/mol. The minimum absolute atomic E-state index is 0.00783. The highest BCUT2D eigenvalue weighted by Crippen LogP contribution is 2.16. The van der Waals surface area contributed by atoms with Crippen molar-refractivity contribution in [2.45, 2.75) is 69.4 Å². The SMILES string of the molecule is CC(C)CC(NS(=O)(=O)c1ccccc1)C(=O)NC1CCCc2cnoc2CCCNC(=O)C1=O. The number of nitrogens with one attached hydrogen (secondary N) is 3. The molecule has 0 saturated carbocycles. The number of nitrogens with zero attached hydrogens (tertiary/aromatic N) is 1. The summed E-state index contributed by atoms with van der Waals surface area (Å²) in [5, 5.41) is 9.06. The van der Waals surface area contributed by atoms with Gasteiger partial charge < -0.3 is 15.2 Å². The molecule has 0 spiro atoms. The van der Waals surface area contributed by atoms with E-state index in [4.69, 9.17) is 4.52 Å². The van der Waals surface area contributed by atoms with Gasteiger partial charge in [0, 0.05) is 18.5 Å². The van der Waals surface area contributed by atoms with Crippen LogP contribution in [-0.2, 0) is 37.2 Å². The molecule has 3 rings (SSSR count). The Bertz CT molecular complexity index is 1130. The number of sulfonamides is 1. The van der Waals surface area contributed by atoms with Crippen molar-refractivity contribution >= 4 is 27.6 Å². The maximum Gasteiger partial charge on any atom is 0.289 e. The van der Waals surface area contributed by atoms with Crippen molar-refractivity contribution < 1.29 is 27.3 Å². The number of benzene rings is 1. The molecule has 0 bridgehead atoms. The van der Waals surface area contributed by atoms with E-state index in [1.807, 2.05) is 13.8 Å². The Balaban J connectivity index is 1.76. The first-order chi connectivity index (χ1) is 16.7. The third-order valence-electron chi connectivity index (χ3n) is 5.77. The van der Waals surface area contributed by atoms with Gasteiger partial charge >= 0.3 is 0 Å². The van der Waals surface area contributed by atoms with Gasteiger partial charge in [-0.3, -0.25) is 14.4 Å². The molecule has 2 heterocycles. The first kappa shape index (κ1) is 26.6. The maximum atomic E-state index is 13.2. The molecule has 2 unspecified atom stereocenters. The predicted octanol–water partition coefficient (Wildman–Crippen LogP) is 1.51. The van der Waals surface area contributed by atoms with Crippen molar-refractivity contribution in [3.63, 3.8) is 0 Å². The van der Waals surface area contributed by atoms with Gasteiger partial charge in [0.25, 0.3) is 5.91 Å². The molecule has 0 saturated heterocycles. The molecule has 1 aromatic carbocycles. The average molecular weight is 505 g/mol. The maximum absolute atomic E-state index is 13.2. The highest BCUT2D eigenvalue weighted by Gasteiger charge is 2.32. The predicted molar refractivity (Wildman–Crippen MR) is 128 cm³/mol. The van der Waals surface area contributed by atoms with Crippen LogP contribution in [0.5, 0.6) is 0 Å². The number of aromatic nitrogens is 1. The Hall–Kier alpha value is -3.05. The highest BCUT2D eigenvalue weighted by molar-refractivity contribution is 7.89. The standard InChI is InChI=1S/C24H32N4O6S/c1-16(2)14-20(28-35(32,33)18-9-4-3-5-10-18)23(30)27-19-11-6-8-17-15-26-34-21(17)12-7-13-25-24(31)22(19)29/h3-5,9-10,15-16,19-20,28H,6-8,11-14H2,1-2H3,(H,25,31)(H,27,30). The van der Waals surface area contributed by atoms with Gasteiger partial charge in [0.2, 0.25) is 21.7 Å². The number of rotatable bonds is 7. The molecule has 11 heteroatoms. The van der Waals surface area contributed by atoms with Crippen LogP contribution in [0.1, 0.15) is 50.9 Å². The molecular formula is C24H32N4O6S. The van der Waals surface area contributed by atoms with E-state index in [0.717, 1.165) is 11.3 Å². The van der Waals surface area contributed by atoms with E-state index in [1.165, 1.54) is 12.1 Å². The molecule has 2 atom stereocenters.